The number of thiol groups is 1. The van der Waals surface area contributed by atoms with E-state index in [-0.39, 0.29) is 0 Å². The standard InChI is InChI=1S/C8H11N3OS/c1-11(2)7-5-3-4-6(9-7)10-8(12)13/h3-5H,1-2H3,(H2,9,10,12,13). The van der Waals surface area contributed by atoms with Crippen LogP contribution in [0.1, 0.15) is 0 Å². The van der Waals surface area contributed by atoms with Gasteiger partial charge in [0.1, 0.15) is 11.6 Å². The molecule has 1 heterocycles. The number of rotatable bonds is 2. The molecule has 0 aliphatic heterocycles. The zero-order chi connectivity index (χ0) is 9.84. The lowest BCUT2D eigenvalue weighted by Crippen LogP contribution is -2.12. The van der Waals surface area contributed by atoms with E-state index < -0.39 is 5.24 Å². The molecule has 0 fully saturated rings. The summed E-state index contributed by atoms with van der Waals surface area (Å²) in [4.78, 5) is 16.6. The second-order valence-corrected chi connectivity index (χ2v) is 3.11. The Labute approximate surface area is 82.4 Å². The van der Waals surface area contributed by atoms with Crippen LogP contribution in [0.3, 0.4) is 0 Å². The first kappa shape index (κ1) is 9.85. The zero-order valence-electron chi connectivity index (χ0n) is 7.48. The molecule has 5 heteroatoms. The Morgan fingerprint density at radius 2 is 2.23 bits per heavy atom. The van der Waals surface area contributed by atoms with E-state index in [0.29, 0.717) is 5.82 Å². The number of aromatic nitrogens is 1. The van der Waals surface area contributed by atoms with Gasteiger partial charge >= 0.3 is 0 Å². The molecule has 0 atom stereocenters. The summed E-state index contributed by atoms with van der Waals surface area (Å²) in [5, 5.41) is 2.07. The smallest absolute Gasteiger partial charge is 0.281 e. The third kappa shape index (κ3) is 2.95. The minimum Gasteiger partial charge on any atom is -0.363 e. The van der Waals surface area contributed by atoms with Crippen LogP contribution in [-0.4, -0.2) is 24.3 Å². The van der Waals surface area contributed by atoms with Crippen LogP contribution in [-0.2, 0) is 0 Å². The van der Waals surface area contributed by atoms with E-state index >= 15 is 0 Å². The lowest BCUT2D eigenvalue weighted by molar-refractivity contribution is 0.270. The highest BCUT2D eigenvalue weighted by Gasteiger charge is 2.00. The summed E-state index contributed by atoms with van der Waals surface area (Å²) in [6, 6.07) is 5.39. The fourth-order valence-corrected chi connectivity index (χ4v) is 0.966. The molecule has 1 rings (SSSR count). The molecule has 0 unspecified atom stereocenters. The minimum absolute atomic E-state index is 0.414. The van der Waals surface area contributed by atoms with Gasteiger partial charge in [-0.3, -0.25) is 4.79 Å². The molecular weight excluding hydrogens is 186 g/mol. The molecular formula is C8H11N3OS. The van der Waals surface area contributed by atoms with Gasteiger partial charge in [0, 0.05) is 14.1 Å². The van der Waals surface area contributed by atoms with Crippen molar-refractivity contribution >= 4 is 29.5 Å². The first-order valence-corrected chi connectivity index (χ1v) is 4.18. The summed E-state index contributed by atoms with van der Waals surface area (Å²) in [6.45, 7) is 0. The Bertz CT molecular complexity index is 314. The molecule has 0 bridgehead atoms. The summed E-state index contributed by atoms with van der Waals surface area (Å²) >= 11 is 3.59. The van der Waals surface area contributed by atoms with Crippen molar-refractivity contribution in [1.82, 2.24) is 4.98 Å². The Morgan fingerprint density at radius 1 is 1.54 bits per heavy atom. The normalized spacial score (nSPS) is 9.46. The van der Waals surface area contributed by atoms with Crippen LogP contribution in [0.2, 0.25) is 0 Å². The number of nitrogens with one attached hydrogen (secondary N) is 1. The van der Waals surface area contributed by atoms with E-state index in [0.717, 1.165) is 5.82 Å². The van der Waals surface area contributed by atoms with E-state index in [1.807, 2.05) is 31.1 Å². The number of anilines is 2. The fourth-order valence-electron chi connectivity index (χ4n) is 0.852. The zero-order valence-corrected chi connectivity index (χ0v) is 8.38. The van der Waals surface area contributed by atoms with Crippen LogP contribution in [0.4, 0.5) is 16.4 Å². The highest BCUT2D eigenvalue weighted by molar-refractivity contribution is 7.96. The van der Waals surface area contributed by atoms with Gasteiger partial charge in [-0.15, -0.1) is 0 Å². The van der Waals surface area contributed by atoms with Crippen LogP contribution < -0.4 is 10.2 Å². The summed E-state index contributed by atoms with van der Waals surface area (Å²) in [5.41, 5.74) is 0. The summed E-state index contributed by atoms with van der Waals surface area (Å²) in [5.74, 6) is 1.30. The molecule has 0 saturated carbocycles. The Kier molecular flexibility index (Phi) is 3.13. The van der Waals surface area contributed by atoms with Crippen molar-refractivity contribution in [2.45, 2.75) is 0 Å². The Hall–Kier alpha value is -1.23. The molecule has 0 radical (unpaired) electrons. The maximum atomic E-state index is 10.6. The molecule has 0 saturated heterocycles. The molecule has 0 aromatic carbocycles. The largest absolute Gasteiger partial charge is 0.363 e. The topological polar surface area (TPSA) is 45.2 Å². The lowest BCUT2D eigenvalue weighted by atomic mass is 10.4. The molecule has 1 aromatic rings. The summed E-state index contributed by atoms with van der Waals surface area (Å²) in [7, 11) is 3.77. The van der Waals surface area contributed by atoms with Gasteiger partial charge in [0.15, 0.2) is 0 Å². The molecule has 1 amide bonds. The van der Waals surface area contributed by atoms with Crippen molar-refractivity contribution in [3.8, 4) is 0 Å². The van der Waals surface area contributed by atoms with E-state index in [1.165, 1.54) is 0 Å². The van der Waals surface area contributed by atoms with Gasteiger partial charge in [-0.1, -0.05) is 18.7 Å². The number of hydrogen-bond donors (Lipinski definition) is 2. The average molecular weight is 197 g/mol. The third-order valence-corrected chi connectivity index (χ3v) is 1.54. The average Bonchev–Trinajstić information content (AvgIpc) is 2.03. The number of hydrogen-bond acceptors (Lipinski definition) is 3. The molecule has 70 valence electrons. The molecule has 13 heavy (non-hydrogen) atoms. The van der Waals surface area contributed by atoms with Crippen LogP contribution in [0.25, 0.3) is 0 Å². The minimum atomic E-state index is -0.414. The van der Waals surface area contributed by atoms with Gasteiger partial charge in [0.2, 0.25) is 0 Å². The first-order valence-electron chi connectivity index (χ1n) is 3.74. The lowest BCUT2D eigenvalue weighted by Gasteiger charge is -2.11. The number of carbonyl (C=O) groups excluding carboxylic acids is 1. The first-order chi connectivity index (χ1) is 6.09. The SMILES string of the molecule is CN(C)c1cccc(NC(=O)S)n1. The molecule has 0 spiro atoms. The van der Waals surface area contributed by atoms with Crippen LogP contribution in [0, 0.1) is 0 Å². The van der Waals surface area contributed by atoms with Crippen molar-refractivity contribution in [3.05, 3.63) is 18.2 Å². The number of amides is 1. The van der Waals surface area contributed by atoms with Gasteiger partial charge in [0.25, 0.3) is 5.24 Å². The van der Waals surface area contributed by atoms with Gasteiger partial charge < -0.3 is 10.2 Å². The summed E-state index contributed by atoms with van der Waals surface area (Å²) < 4.78 is 0. The number of carbonyl (C=O) groups is 1. The summed E-state index contributed by atoms with van der Waals surface area (Å²) in [6.07, 6.45) is 0. The third-order valence-electron chi connectivity index (χ3n) is 1.43. The molecule has 4 nitrogen and oxygen atoms in total. The number of nitrogens with zero attached hydrogens (tertiary/aromatic N) is 2. The Balaban J connectivity index is 2.85. The number of pyridine rings is 1. The monoisotopic (exact) mass is 197 g/mol. The van der Waals surface area contributed by atoms with Crippen molar-refractivity contribution in [1.29, 1.82) is 0 Å². The molecule has 0 aliphatic carbocycles. The van der Waals surface area contributed by atoms with Crippen molar-refractivity contribution < 1.29 is 4.79 Å². The van der Waals surface area contributed by atoms with Crippen LogP contribution in [0.15, 0.2) is 18.2 Å². The second kappa shape index (κ2) is 4.13. The molecule has 1 N–H and O–H groups in total. The van der Waals surface area contributed by atoms with Crippen molar-refractivity contribution in [3.63, 3.8) is 0 Å². The highest BCUT2D eigenvalue weighted by atomic mass is 32.1. The molecule has 0 aliphatic rings. The second-order valence-electron chi connectivity index (χ2n) is 2.71. The van der Waals surface area contributed by atoms with Gasteiger partial charge in [-0.2, -0.15) is 0 Å². The maximum absolute atomic E-state index is 10.6. The van der Waals surface area contributed by atoms with Gasteiger partial charge in [-0.05, 0) is 12.1 Å². The van der Waals surface area contributed by atoms with Crippen LogP contribution in [0.5, 0.6) is 0 Å². The van der Waals surface area contributed by atoms with E-state index in [2.05, 4.69) is 22.9 Å². The van der Waals surface area contributed by atoms with Gasteiger partial charge in [0.05, 0.1) is 0 Å². The van der Waals surface area contributed by atoms with E-state index in [9.17, 15) is 4.79 Å². The highest BCUT2D eigenvalue weighted by Crippen LogP contribution is 2.11. The van der Waals surface area contributed by atoms with Crippen LogP contribution >= 0.6 is 12.6 Å². The van der Waals surface area contributed by atoms with E-state index in [1.54, 1.807) is 6.07 Å². The van der Waals surface area contributed by atoms with E-state index in [4.69, 9.17) is 0 Å². The maximum Gasteiger partial charge on any atom is 0.281 e. The van der Waals surface area contributed by atoms with Crippen molar-refractivity contribution in [2.24, 2.45) is 0 Å². The predicted molar refractivity (Wildman–Crippen MR) is 56.6 cm³/mol. The van der Waals surface area contributed by atoms with Crippen molar-refractivity contribution in [2.75, 3.05) is 24.3 Å². The van der Waals surface area contributed by atoms with Gasteiger partial charge in [-0.25, -0.2) is 4.98 Å². The fraction of sp³-hybridized carbons (Fsp3) is 0.250. The molecule has 1 aromatic heterocycles. The predicted octanol–water partition coefficient (Wildman–Crippen LogP) is 1.61. The Morgan fingerprint density at radius 3 is 2.77 bits per heavy atom. The quantitative estimate of drug-likeness (QED) is 0.708.